The topological polar surface area (TPSA) is 20.3 Å². The van der Waals surface area contributed by atoms with Gasteiger partial charge in [0, 0.05) is 18.3 Å². The van der Waals surface area contributed by atoms with Crippen LogP contribution in [0.2, 0.25) is 0 Å². The number of carbonyl (C=O) groups is 1. The second-order valence-electron chi connectivity index (χ2n) is 2.61. The standard InChI is InChI=1S/C9H9F2NO/c1-12(6-13)8-4-2-7(3-5-8)9(10)11/h2-6,9H,1H3. The molecule has 4 heteroatoms. The van der Waals surface area contributed by atoms with Gasteiger partial charge in [-0.25, -0.2) is 8.78 Å². The van der Waals surface area contributed by atoms with E-state index in [1.165, 1.54) is 29.2 Å². The molecule has 0 N–H and O–H groups in total. The first kappa shape index (κ1) is 9.64. The molecule has 0 aliphatic heterocycles. The highest BCUT2D eigenvalue weighted by Crippen LogP contribution is 2.21. The summed E-state index contributed by atoms with van der Waals surface area (Å²) in [6.07, 6.45) is -1.84. The predicted octanol–water partition coefficient (Wildman–Crippen LogP) is 2.22. The maximum atomic E-state index is 12.1. The summed E-state index contributed by atoms with van der Waals surface area (Å²) >= 11 is 0. The van der Waals surface area contributed by atoms with Crippen molar-refractivity contribution in [3.8, 4) is 0 Å². The summed E-state index contributed by atoms with van der Waals surface area (Å²) in [4.78, 5) is 11.6. The third-order valence-electron chi connectivity index (χ3n) is 1.71. The summed E-state index contributed by atoms with van der Waals surface area (Å²) in [5.74, 6) is 0. The van der Waals surface area contributed by atoms with Crippen molar-refractivity contribution in [3.63, 3.8) is 0 Å². The first-order chi connectivity index (χ1) is 6.15. The van der Waals surface area contributed by atoms with Crippen LogP contribution in [-0.2, 0) is 4.79 Å². The fourth-order valence-corrected chi connectivity index (χ4v) is 0.916. The lowest BCUT2D eigenvalue weighted by molar-refractivity contribution is -0.107. The Morgan fingerprint density at radius 2 is 1.85 bits per heavy atom. The Morgan fingerprint density at radius 3 is 2.23 bits per heavy atom. The van der Waals surface area contributed by atoms with Gasteiger partial charge in [-0.1, -0.05) is 12.1 Å². The number of amides is 1. The van der Waals surface area contributed by atoms with Gasteiger partial charge in [0.2, 0.25) is 6.41 Å². The molecule has 0 aliphatic rings. The molecule has 0 saturated carbocycles. The summed E-state index contributed by atoms with van der Waals surface area (Å²) in [5.41, 5.74) is 0.558. The molecule has 0 aromatic heterocycles. The Bertz CT molecular complexity index is 284. The highest BCUT2D eigenvalue weighted by molar-refractivity contribution is 5.74. The zero-order valence-corrected chi connectivity index (χ0v) is 7.08. The Balaban J connectivity index is 2.87. The van der Waals surface area contributed by atoms with Gasteiger partial charge in [-0.15, -0.1) is 0 Å². The van der Waals surface area contributed by atoms with Crippen LogP contribution in [0.25, 0.3) is 0 Å². The molecule has 0 unspecified atom stereocenters. The van der Waals surface area contributed by atoms with Gasteiger partial charge in [0.1, 0.15) is 0 Å². The number of hydrogen-bond acceptors (Lipinski definition) is 1. The second kappa shape index (κ2) is 3.98. The number of benzene rings is 1. The largest absolute Gasteiger partial charge is 0.318 e. The van der Waals surface area contributed by atoms with E-state index in [0.29, 0.717) is 12.1 Å². The van der Waals surface area contributed by atoms with Crippen LogP contribution < -0.4 is 4.90 Å². The number of halogens is 2. The molecule has 0 spiro atoms. The smallest absolute Gasteiger partial charge is 0.263 e. The van der Waals surface area contributed by atoms with Crippen LogP contribution in [0.3, 0.4) is 0 Å². The zero-order valence-electron chi connectivity index (χ0n) is 7.08. The van der Waals surface area contributed by atoms with Gasteiger partial charge in [-0.05, 0) is 12.1 Å². The minimum absolute atomic E-state index is 0.0388. The Morgan fingerprint density at radius 1 is 1.31 bits per heavy atom. The van der Waals surface area contributed by atoms with E-state index in [9.17, 15) is 13.6 Å². The van der Waals surface area contributed by atoms with Crippen molar-refractivity contribution in [3.05, 3.63) is 29.8 Å². The van der Waals surface area contributed by atoms with E-state index in [0.717, 1.165) is 0 Å². The lowest BCUT2D eigenvalue weighted by Gasteiger charge is -2.10. The second-order valence-corrected chi connectivity index (χ2v) is 2.61. The number of anilines is 1. The van der Waals surface area contributed by atoms with E-state index < -0.39 is 6.43 Å². The molecule has 0 bridgehead atoms. The van der Waals surface area contributed by atoms with Gasteiger partial charge in [0.15, 0.2) is 0 Å². The van der Waals surface area contributed by atoms with Crippen LogP contribution in [0.5, 0.6) is 0 Å². The molecule has 0 fully saturated rings. The first-order valence-electron chi connectivity index (χ1n) is 3.71. The molecule has 13 heavy (non-hydrogen) atoms. The summed E-state index contributed by atoms with van der Waals surface area (Å²) in [6, 6.07) is 5.58. The van der Waals surface area contributed by atoms with Gasteiger partial charge in [-0.3, -0.25) is 4.79 Å². The van der Waals surface area contributed by atoms with E-state index >= 15 is 0 Å². The molecule has 1 aromatic carbocycles. The summed E-state index contributed by atoms with van der Waals surface area (Å²) < 4.78 is 24.2. The van der Waals surface area contributed by atoms with Crippen LogP contribution in [0.15, 0.2) is 24.3 Å². The summed E-state index contributed by atoms with van der Waals surface area (Å²) in [6.45, 7) is 0. The van der Waals surface area contributed by atoms with E-state index in [2.05, 4.69) is 0 Å². The van der Waals surface area contributed by atoms with Gasteiger partial charge < -0.3 is 4.90 Å². The minimum atomic E-state index is -2.46. The lowest BCUT2D eigenvalue weighted by atomic mass is 10.2. The van der Waals surface area contributed by atoms with Crippen LogP contribution >= 0.6 is 0 Å². The lowest BCUT2D eigenvalue weighted by Crippen LogP contribution is -2.13. The molecule has 2 nitrogen and oxygen atoms in total. The molecule has 0 radical (unpaired) electrons. The molecule has 0 aliphatic carbocycles. The third kappa shape index (κ3) is 2.24. The van der Waals surface area contributed by atoms with Gasteiger partial charge in [0.05, 0.1) is 0 Å². The first-order valence-corrected chi connectivity index (χ1v) is 3.71. The van der Waals surface area contributed by atoms with Gasteiger partial charge in [0.25, 0.3) is 6.43 Å². The van der Waals surface area contributed by atoms with Crippen molar-refractivity contribution < 1.29 is 13.6 Å². The average molecular weight is 185 g/mol. The summed E-state index contributed by atoms with van der Waals surface area (Å²) in [7, 11) is 1.56. The number of rotatable bonds is 3. The van der Waals surface area contributed by atoms with Crippen LogP contribution in [0.4, 0.5) is 14.5 Å². The molecular formula is C9H9F2NO. The van der Waals surface area contributed by atoms with Crippen LogP contribution in [0.1, 0.15) is 12.0 Å². The summed E-state index contributed by atoms with van der Waals surface area (Å²) in [5, 5.41) is 0. The maximum Gasteiger partial charge on any atom is 0.263 e. The highest BCUT2D eigenvalue weighted by Gasteiger charge is 2.06. The average Bonchev–Trinajstić information content (AvgIpc) is 2.17. The number of nitrogens with zero attached hydrogens (tertiary/aromatic N) is 1. The molecule has 1 aromatic rings. The molecular weight excluding hydrogens is 176 g/mol. The van der Waals surface area contributed by atoms with Crippen molar-refractivity contribution in [1.29, 1.82) is 0 Å². The number of carbonyl (C=O) groups excluding carboxylic acids is 1. The van der Waals surface area contributed by atoms with Gasteiger partial charge in [-0.2, -0.15) is 0 Å². The van der Waals surface area contributed by atoms with E-state index in [-0.39, 0.29) is 5.56 Å². The van der Waals surface area contributed by atoms with E-state index in [1.54, 1.807) is 7.05 Å². The minimum Gasteiger partial charge on any atom is -0.318 e. The highest BCUT2D eigenvalue weighted by atomic mass is 19.3. The molecule has 0 saturated heterocycles. The Hall–Kier alpha value is -1.45. The molecule has 0 atom stereocenters. The van der Waals surface area contributed by atoms with Crippen molar-refractivity contribution in [2.75, 3.05) is 11.9 Å². The fraction of sp³-hybridized carbons (Fsp3) is 0.222. The monoisotopic (exact) mass is 185 g/mol. The van der Waals surface area contributed by atoms with Gasteiger partial charge >= 0.3 is 0 Å². The fourth-order valence-electron chi connectivity index (χ4n) is 0.916. The Labute approximate surface area is 74.8 Å². The van der Waals surface area contributed by atoms with Crippen LogP contribution in [0, 0.1) is 0 Å². The SMILES string of the molecule is CN(C=O)c1ccc(C(F)F)cc1. The van der Waals surface area contributed by atoms with E-state index in [4.69, 9.17) is 0 Å². The molecule has 70 valence electrons. The Kier molecular flexibility index (Phi) is 2.95. The van der Waals surface area contributed by atoms with Crippen molar-refractivity contribution in [2.45, 2.75) is 6.43 Å². The van der Waals surface area contributed by atoms with Crippen molar-refractivity contribution in [1.82, 2.24) is 0 Å². The molecule has 0 heterocycles. The predicted molar refractivity (Wildman–Crippen MR) is 45.9 cm³/mol. The number of hydrogen-bond donors (Lipinski definition) is 0. The van der Waals surface area contributed by atoms with E-state index in [1.807, 2.05) is 0 Å². The van der Waals surface area contributed by atoms with Crippen LogP contribution in [-0.4, -0.2) is 13.5 Å². The normalized spacial score (nSPS) is 10.2. The zero-order chi connectivity index (χ0) is 9.84. The molecule has 1 amide bonds. The van der Waals surface area contributed by atoms with Crippen molar-refractivity contribution in [2.24, 2.45) is 0 Å². The maximum absolute atomic E-state index is 12.1. The molecule has 1 rings (SSSR count). The third-order valence-corrected chi connectivity index (χ3v) is 1.71. The number of alkyl halides is 2. The quantitative estimate of drug-likeness (QED) is 0.661. The van der Waals surface area contributed by atoms with Crippen molar-refractivity contribution >= 4 is 12.1 Å².